The molecule has 0 heterocycles. The summed E-state index contributed by atoms with van der Waals surface area (Å²) < 4.78 is 31.0. The summed E-state index contributed by atoms with van der Waals surface area (Å²) in [4.78, 5) is 8.91. The molecule has 0 aliphatic rings. The molecule has 0 amide bonds. The second-order valence-corrected chi connectivity index (χ2v) is 1.60. The van der Waals surface area contributed by atoms with E-state index in [0.29, 0.717) is 6.08 Å². The Kier molecular flexibility index (Phi) is 6.92. The second-order valence-electron chi connectivity index (χ2n) is 0.595. The first-order chi connectivity index (χ1) is 3.06. The van der Waals surface area contributed by atoms with Gasteiger partial charge >= 0.3 is 10.4 Å². The van der Waals surface area contributed by atoms with Crippen LogP contribution in [0.15, 0.2) is 4.40 Å². The standard InChI is InChI=1S/CFNO3S.K/c2-7(5,6)3-1-4;. The van der Waals surface area contributed by atoms with E-state index in [1.54, 1.807) is 4.40 Å². The smallest absolute Gasteiger partial charge is 0.210 e. The Labute approximate surface area is 87.9 Å². The third kappa shape index (κ3) is 10.0. The summed E-state index contributed by atoms with van der Waals surface area (Å²) in [6, 6.07) is 0. The van der Waals surface area contributed by atoms with E-state index in [9.17, 15) is 3.89 Å². The van der Waals surface area contributed by atoms with Crippen LogP contribution >= 0.6 is 0 Å². The maximum atomic E-state index is 10.9. The Morgan fingerprint density at radius 2 is 1.88 bits per heavy atom. The van der Waals surface area contributed by atoms with Gasteiger partial charge in [-0.3, -0.25) is 0 Å². The third-order valence-electron chi connectivity index (χ3n) is 0.146. The van der Waals surface area contributed by atoms with Crippen molar-refractivity contribution >= 4 is 67.9 Å². The van der Waals surface area contributed by atoms with Gasteiger partial charge in [-0.1, -0.05) is 3.89 Å². The number of rotatable bonds is 1. The summed E-state index contributed by atoms with van der Waals surface area (Å²) in [5, 5.41) is 0. The van der Waals surface area contributed by atoms with E-state index in [-0.39, 0.29) is 51.4 Å². The molecule has 41 valence electrons. The molecule has 0 aromatic carbocycles. The van der Waals surface area contributed by atoms with Gasteiger partial charge in [-0.2, -0.15) is 8.42 Å². The first-order valence-corrected chi connectivity index (χ1v) is 2.44. The second kappa shape index (κ2) is 4.75. The van der Waals surface area contributed by atoms with Gasteiger partial charge in [0.25, 0.3) is 6.08 Å². The zero-order valence-corrected chi connectivity index (χ0v) is 7.90. The fourth-order valence-electron chi connectivity index (χ4n) is 0.0445. The molecule has 0 saturated carbocycles. The van der Waals surface area contributed by atoms with Crippen LogP contribution in [0.1, 0.15) is 0 Å². The van der Waals surface area contributed by atoms with Gasteiger partial charge in [-0.15, -0.1) is 0 Å². The Balaban J connectivity index is 0. The zero-order valence-electron chi connectivity index (χ0n) is 3.96. The molecule has 0 N–H and O–H groups in total. The summed E-state index contributed by atoms with van der Waals surface area (Å²) in [7, 11) is -4.97. The molecular weight excluding hydrogens is 164 g/mol. The molecule has 0 spiro atoms. The number of halogens is 1. The van der Waals surface area contributed by atoms with Crippen LogP contribution in [0, 0.1) is 0 Å². The molecule has 0 aliphatic carbocycles. The molecule has 0 unspecified atom stereocenters. The Hall–Kier alpha value is 0.896. The number of hydrogen-bond donors (Lipinski definition) is 0. The van der Waals surface area contributed by atoms with Crippen LogP contribution in [0.2, 0.25) is 0 Å². The Bertz CT molecular complexity index is 191. The minimum atomic E-state index is -4.97. The van der Waals surface area contributed by atoms with Crippen molar-refractivity contribution in [2.75, 3.05) is 0 Å². The van der Waals surface area contributed by atoms with E-state index >= 15 is 0 Å². The van der Waals surface area contributed by atoms with Crippen LogP contribution in [0.4, 0.5) is 3.89 Å². The largest absolute Gasteiger partial charge is 0.428 e. The van der Waals surface area contributed by atoms with Crippen LogP contribution in [-0.2, 0) is 15.2 Å². The zero-order chi connectivity index (χ0) is 5.91. The fraction of sp³-hybridized carbons (Fsp3) is 0. The number of carbonyl (C=O) groups excluding carboxylic acids is 1. The fourth-order valence-corrected chi connectivity index (χ4v) is 0.134. The molecule has 0 fully saturated rings. The topological polar surface area (TPSA) is 63.6 Å². The van der Waals surface area contributed by atoms with Crippen molar-refractivity contribution in [3.05, 3.63) is 0 Å². The van der Waals surface area contributed by atoms with Gasteiger partial charge in [0.2, 0.25) is 0 Å². The van der Waals surface area contributed by atoms with E-state index in [4.69, 9.17) is 13.2 Å². The third-order valence-corrected chi connectivity index (χ3v) is 0.439. The van der Waals surface area contributed by atoms with Crippen LogP contribution in [0.25, 0.3) is 0 Å². The molecule has 0 atom stereocenters. The minimum Gasteiger partial charge on any atom is -0.210 e. The summed E-state index contributed by atoms with van der Waals surface area (Å²) in [5.41, 5.74) is 0. The van der Waals surface area contributed by atoms with E-state index in [1.807, 2.05) is 0 Å². The van der Waals surface area contributed by atoms with Gasteiger partial charge in [-0.05, 0) is 4.40 Å². The first kappa shape index (κ1) is 11.7. The van der Waals surface area contributed by atoms with Crippen LogP contribution in [0.3, 0.4) is 0 Å². The van der Waals surface area contributed by atoms with Crippen LogP contribution in [-0.4, -0.2) is 65.9 Å². The molecule has 0 aliphatic heterocycles. The van der Waals surface area contributed by atoms with Gasteiger partial charge in [0.05, 0.1) is 0 Å². The molecule has 0 bridgehead atoms. The van der Waals surface area contributed by atoms with Crippen molar-refractivity contribution in [3.8, 4) is 0 Å². The molecule has 0 saturated heterocycles. The first-order valence-electron chi connectivity index (χ1n) is 1.10. The number of isocyanates is 1. The molecule has 1 radical (unpaired) electrons. The van der Waals surface area contributed by atoms with Gasteiger partial charge < -0.3 is 0 Å². The normalized spacial score (nSPS) is 8.62. The summed E-state index contributed by atoms with van der Waals surface area (Å²) in [6.45, 7) is 0. The molecule has 0 aromatic heterocycles. The van der Waals surface area contributed by atoms with E-state index in [2.05, 4.69) is 0 Å². The average Bonchev–Trinajstić information content (AvgIpc) is 1.30. The Morgan fingerprint density at radius 3 is 1.88 bits per heavy atom. The predicted octanol–water partition coefficient (Wildman–Crippen LogP) is -0.844. The monoisotopic (exact) mass is 164 g/mol. The van der Waals surface area contributed by atoms with E-state index in [1.165, 1.54) is 0 Å². The summed E-state index contributed by atoms with van der Waals surface area (Å²) >= 11 is 0. The van der Waals surface area contributed by atoms with E-state index < -0.39 is 10.4 Å². The van der Waals surface area contributed by atoms with Crippen molar-refractivity contribution in [1.29, 1.82) is 0 Å². The van der Waals surface area contributed by atoms with Crippen molar-refractivity contribution in [2.24, 2.45) is 4.40 Å². The van der Waals surface area contributed by atoms with Crippen molar-refractivity contribution < 1.29 is 17.1 Å². The van der Waals surface area contributed by atoms with Crippen molar-refractivity contribution in [2.45, 2.75) is 0 Å². The molecular formula is CFKNO3S. The molecule has 0 aromatic rings. The average molecular weight is 164 g/mol. The van der Waals surface area contributed by atoms with E-state index in [0.717, 1.165) is 0 Å². The molecule has 0 rings (SSSR count). The number of nitrogens with zero attached hydrogens (tertiary/aromatic N) is 1. The van der Waals surface area contributed by atoms with Crippen LogP contribution < -0.4 is 0 Å². The quantitative estimate of drug-likeness (QED) is 0.219. The molecule has 4 nitrogen and oxygen atoms in total. The molecule has 8 heavy (non-hydrogen) atoms. The summed E-state index contributed by atoms with van der Waals surface area (Å²) in [5.74, 6) is 0. The predicted molar refractivity (Wildman–Crippen MR) is 23.9 cm³/mol. The Morgan fingerprint density at radius 1 is 1.50 bits per heavy atom. The number of hydrogen-bond acceptors (Lipinski definition) is 3. The van der Waals surface area contributed by atoms with Gasteiger partial charge in [0.15, 0.2) is 0 Å². The molecule has 7 heteroatoms. The minimum absolute atomic E-state index is 0. The van der Waals surface area contributed by atoms with Crippen molar-refractivity contribution in [3.63, 3.8) is 0 Å². The van der Waals surface area contributed by atoms with Gasteiger partial charge in [0, 0.05) is 51.4 Å². The SMILES string of the molecule is O=C=NS(=O)(=O)F.[K]. The summed E-state index contributed by atoms with van der Waals surface area (Å²) in [6.07, 6.45) is 0.520. The van der Waals surface area contributed by atoms with Gasteiger partial charge in [0.1, 0.15) is 0 Å². The van der Waals surface area contributed by atoms with Gasteiger partial charge in [-0.25, -0.2) is 4.79 Å². The maximum Gasteiger partial charge on any atom is 0.428 e. The maximum absolute atomic E-state index is 10.9. The van der Waals surface area contributed by atoms with Crippen LogP contribution in [0.5, 0.6) is 0 Å². The van der Waals surface area contributed by atoms with Crippen molar-refractivity contribution in [1.82, 2.24) is 0 Å².